The highest BCUT2D eigenvalue weighted by atomic mass is 19.1. The van der Waals surface area contributed by atoms with Crippen molar-refractivity contribution in [3.05, 3.63) is 108 Å². The molecule has 0 atom stereocenters. The second kappa shape index (κ2) is 7.57. The zero-order chi connectivity index (χ0) is 21.4. The fraction of sp³-hybridized carbons (Fsp3) is 0.0400. The lowest BCUT2D eigenvalue weighted by atomic mass is 10.1. The molecule has 5 rings (SSSR count). The molecule has 1 saturated heterocycles. The Morgan fingerprint density at radius 3 is 2.35 bits per heavy atom. The van der Waals surface area contributed by atoms with Crippen LogP contribution in [0.1, 0.15) is 11.1 Å². The summed E-state index contributed by atoms with van der Waals surface area (Å²) in [6, 6.07) is 23.1. The third-order valence-electron chi connectivity index (χ3n) is 5.29. The maximum atomic E-state index is 13.2. The van der Waals surface area contributed by atoms with E-state index in [0.29, 0.717) is 12.2 Å². The van der Waals surface area contributed by atoms with Gasteiger partial charge in [-0.2, -0.15) is 0 Å². The first kappa shape index (κ1) is 18.8. The Hall–Kier alpha value is -4.19. The highest BCUT2D eigenvalue weighted by Crippen LogP contribution is 2.27. The van der Waals surface area contributed by atoms with Crippen LogP contribution in [0.2, 0.25) is 0 Å². The van der Waals surface area contributed by atoms with Gasteiger partial charge in [-0.1, -0.05) is 48.5 Å². The van der Waals surface area contributed by atoms with E-state index in [1.807, 2.05) is 41.1 Å². The summed E-state index contributed by atoms with van der Waals surface area (Å²) in [6.45, 7) is 0.542. The number of hydrogen-bond donors (Lipinski definition) is 1. The average molecular weight is 411 g/mol. The van der Waals surface area contributed by atoms with Crippen LogP contribution in [0.4, 0.5) is 10.1 Å². The largest absolute Gasteiger partial charge is 0.342 e. The summed E-state index contributed by atoms with van der Waals surface area (Å²) in [5.41, 5.74) is 5.98. The van der Waals surface area contributed by atoms with Gasteiger partial charge in [0.25, 0.3) is 11.8 Å². The highest BCUT2D eigenvalue weighted by Gasteiger charge is 2.34. The summed E-state index contributed by atoms with van der Waals surface area (Å²) in [4.78, 5) is 25.5. The van der Waals surface area contributed by atoms with Crippen molar-refractivity contribution in [2.45, 2.75) is 6.54 Å². The van der Waals surface area contributed by atoms with Gasteiger partial charge in [-0.25, -0.2) is 9.40 Å². The normalized spacial score (nSPS) is 15.1. The predicted octanol–water partition coefficient (Wildman–Crippen LogP) is 4.29. The number of carbonyl (C=O) groups is 2. The van der Waals surface area contributed by atoms with Gasteiger partial charge in [-0.15, -0.1) is 0 Å². The maximum Gasteiger partial charge on any atom is 0.282 e. The van der Waals surface area contributed by atoms with Crippen molar-refractivity contribution < 1.29 is 14.0 Å². The third kappa shape index (κ3) is 3.48. The van der Waals surface area contributed by atoms with E-state index in [1.54, 1.807) is 42.5 Å². The van der Waals surface area contributed by atoms with E-state index in [2.05, 4.69) is 5.43 Å². The zero-order valence-corrected chi connectivity index (χ0v) is 16.5. The van der Waals surface area contributed by atoms with Crippen LogP contribution in [0, 0.1) is 5.82 Å². The van der Waals surface area contributed by atoms with Gasteiger partial charge < -0.3 is 4.57 Å². The summed E-state index contributed by atoms with van der Waals surface area (Å²) in [6.07, 6.45) is 3.54. The van der Waals surface area contributed by atoms with Crippen LogP contribution in [0.5, 0.6) is 0 Å². The van der Waals surface area contributed by atoms with Crippen molar-refractivity contribution in [3.8, 4) is 0 Å². The van der Waals surface area contributed by atoms with Crippen LogP contribution in [0.3, 0.4) is 0 Å². The van der Waals surface area contributed by atoms with E-state index < -0.39 is 11.8 Å². The fourth-order valence-corrected chi connectivity index (χ4v) is 3.78. The first-order chi connectivity index (χ1) is 15.1. The second-order valence-corrected chi connectivity index (χ2v) is 7.33. The quantitative estimate of drug-likeness (QED) is 0.402. The van der Waals surface area contributed by atoms with Crippen molar-refractivity contribution in [1.82, 2.24) is 9.99 Å². The zero-order valence-electron chi connectivity index (χ0n) is 16.5. The van der Waals surface area contributed by atoms with Gasteiger partial charge in [0, 0.05) is 29.2 Å². The van der Waals surface area contributed by atoms with E-state index in [-0.39, 0.29) is 11.4 Å². The lowest BCUT2D eigenvalue weighted by Crippen LogP contribution is -2.35. The van der Waals surface area contributed by atoms with Gasteiger partial charge in [0.15, 0.2) is 0 Å². The number of rotatable bonds is 4. The lowest BCUT2D eigenvalue weighted by molar-refractivity contribution is -0.117. The number of nitrogens with one attached hydrogen (secondary N) is 1. The molecule has 3 aromatic carbocycles. The van der Waals surface area contributed by atoms with Crippen LogP contribution in [0.25, 0.3) is 17.0 Å². The van der Waals surface area contributed by atoms with Crippen LogP contribution in [-0.2, 0) is 16.1 Å². The van der Waals surface area contributed by atoms with E-state index in [1.165, 1.54) is 17.1 Å². The molecule has 1 fully saturated rings. The molecule has 1 N–H and O–H groups in total. The van der Waals surface area contributed by atoms with Gasteiger partial charge in [0.2, 0.25) is 0 Å². The molecule has 2 amide bonds. The molecule has 0 unspecified atom stereocenters. The summed E-state index contributed by atoms with van der Waals surface area (Å²) in [5.74, 6) is -1.11. The number of halogens is 1. The molecule has 1 aliphatic heterocycles. The topological polar surface area (TPSA) is 54.3 Å². The van der Waals surface area contributed by atoms with Crippen LogP contribution in [-0.4, -0.2) is 16.4 Å². The molecule has 6 heteroatoms. The Kier molecular flexibility index (Phi) is 4.59. The first-order valence-corrected chi connectivity index (χ1v) is 9.85. The van der Waals surface area contributed by atoms with E-state index >= 15 is 0 Å². The van der Waals surface area contributed by atoms with Crippen molar-refractivity contribution in [3.63, 3.8) is 0 Å². The molecule has 5 nitrogen and oxygen atoms in total. The van der Waals surface area contributed by atoms with Crippen molar-refractivity contribution in [1.29, 1.82) is 0 Å². The minimum Gasteiger partial charge on any atom is -0.342 e. The van der Waals surface area contributed by atoms with Crippen LogP contribution < -0.4 is 10.4 Å². The molecule has 4 aromatic rings. The molecule has 0 radical (unpaired) electrons. The number of hydrazine groups is 1. The van der Waals surface area contributed by atoms with Crippen molar-refractivity contribution in [2.24, 2.45) is 0 Å². The van der Waals surface area contributed by atoms with Crippen LogP contribution in [0.15, 0.2) is 90.6 Å². The molecule has 0 bridgehead atoms. The molecular formula is C25H18FN3O2. The summed E-state index contributed by atoms with van der Waals surface area (Å²) in [5, 5.41) is 2.18. The molecule has 1 aromatic heterocycles. The summed E-state index contributed by atoms with van der Waals surface area (Å²) >= 11 is 0. The molecule has 0 spiro atoms. The van der Waals surface area contributed by atoms with Crippen molar-refractivity contribution in [2.75, 3.05) is 5.01 Å². The smallest absolute Gasteiger partial charge is 0.282 e. The van der Waals surface area contributed by atoms with Gasteiger partial charge in [0.05, 0.1) is 5.69 Å². The Bertz CT molecular complexity index is 1320. The number of amides is 2. The number of benzene rings is 3. The molecule has 0 aliphatic carbocycles. The molecule has 2 heterocycles. The van der Waals surface area contributed by atoms with Gasteiger partial charge >= 0.3 is 0 Å². The molecule has 31 heavy (non-hydrogen) atoms. The monoisotopic (exact) mass is 411 g/mol. The summed E-state index contributed by atoms with van der Waals surface area (Å²) in [7, 11) is 0. The number of aromatic nitrogens is 1. The minimum atomic E-state index is -0.441. The molecular weight excluding hydrogens is 393 g/mol. The third-order valence-corrected chi connectivity index (χ3v) is 5.29. The van der Waals surface area contributed by atoms with Gasteiger partial charge in [-0.05, 0) is 42.0 Å². The number of carbonyl (C=O) groups excluding carboxylic acids is 2. The SMILES string of the molecule is O=C1NN(c2ccccc2)C(=O)/C1=C/c1cn(Cc2ccc(F)cc2)c2ccccc12. The first-order valence-electron chi connectivity index (χ1n) is 9.85. The predicted molar refractivity (Wildman–Crippen MR) is 117 cm³/mol. The highest BCUT2D eigenvalue weighted by molar-refractivity contribution is 6.32. The Morgan fingerprint density at radius 1 is 0.871 bits per heavy atom. The standard InChI is InChI=1S/C25H18FN3O2/c26-19-12-10-17(11-13-19)15-28-16-18(21-8-4-5-9-23(21)28)14-22-24(30)27-29(25(22)31)20-6-2-1-3-7-20/h1-14,16H,15H2,(H,27,30)/b22-14+. The van der Waals surface area contributed by atoms with Gasteiger partial charge in [0.1, 0.15) is 11.4 Å². The minimum absolute atomic E-state index is 0.0774. The second-order valence-electron chi connectivity index (χ2n) is 7.33. The molecule has 1 aliphatic rings. The molecule has 0 saturated carbocycles. The van der Waals surface area contributed by atoms with Gasteiger partial charge in [-0.3, -0.25) is 15.0 Å². The number of hydrogen-bond acceptors (Lipinski definition) is 2. The lowest BCUT2D eigenvalue weighted by Gasteiger charge is -2.13. The number of anilines is 1. The van der Waals surface area contributed by atoms with Crippen LogP contribution >= 0.6 is 0 Å². The molecule has 152 valence electrons. The summed E-state index contributed by atoms with van der Waals surface area (Å²) < 4.78 is 15.3. The Balaban J connectivity index is 1.53. The Labute approximate surface area is 178 Å². The van der Waals surface area contributed by atoms with E-state index in [0.717, 1.165) is 22.0 Å². The van der Waals surface area contributed by atoms with E-state index in [4.69, 9.17) is 0 Å². The van der Waals surface area contributed by atoms with E-state index in [9.17, 15) is 14.0 Å². The maximum absolute atomic E-state index is 13.2. The Morgan fingerprint density at radius 2 is 1.58 bits per heavy atom. The van der Waals surface area contributed by atoms with Crippen molar-refractivity contribution >= 4 is 34.5 Å². The number of nitrogens with zero attached hydrogens (tertiary/aromatic N) is 2. The fourth-order valence-electron chi connectivity index (χ4n) is 3.78. The number of para-hydroxylation sites is 2. The average Bonchev–Trinajstić information content (AvgIpc) is 3.28. The number of fused-ring (bicyclic) bond motifs is 1.